The first-order valence-electron chi connectivity index (χ1n) is 11.7. The summed E-state index contributed by atoms with van der Waals surface area (Å²) in [6.07, 6.45) is 8.52. The Morgan fingerprint density at radius 2 is 1.66 bits per heavy atom. The summed E-state index contributed by atoms with van der Waals surface area (Å²) < 4.78 is 7.41. The molecule has 1 fully saturated rings. The van der Waals surface area contributed by atoms with Crippen LogP contribution in [0.15, 0.2) is 66.9 Å². The van der Waals surface area contributed by atoms with Crippen LogP contribution in [0.4, 0.5) is 0 Å². The minimum absolute atomic E-state index is 0.257. The molecule has 0 spiro atoms. The third-order valence-corrected chi connectivity index (χ3v) is 6.78. The number of benzene rings is 2. The van der Waals surface area contributed by atoms with Gasteiger partial charge in [-0.3, -0.25) is 4.90 Å². The Morgan fingerprint density at radius 1 is 0.938 bits per heavy atom. The molecule has 32 heavy (non-hydrogen) atoms. The van der Waals surface area contributed by atoms with Crippen LogP contribution in [0.5, 0.6) is 0 Å². The molecule has 2 aromatic carbocycles. The summed E-state index contributed by atoms with van der Waals surface area (Å²) in [6.45, 7) is 4.69. The SMILES string of the molecule is COC(=O)c1ccccc1CN(Cc1cccn1Cc1ccccc1C)C1CCCCC1. The summed E-state index contributed by atoms with van der Waals surface area (Å²) in [5, 5.41) is 0. The van der Waals surface area contributed by atoms with Crippen LogP contribution in [-0.4, -0.2) is 28.6 Å². The van der Waals surface area contributed by atoms with Gasteiger partial charge in [-0.1, -0.05) is 61.7 Å². The molecule has 1 aromatic heterocycles. The maximum absolute atomic E-state index is 12.4. The van der Waals surface area contributed by atoms with Crippen molar-refractivity contribution < 1.29 is 9.53 Å². The van der Waals surface area contributed by atoms with Crippen LogP contribution >= 0.6 is 0 Å². The van der Waals surface area contributed by atoms with Gasteiger partial charge in [0.15, 0.2) is 0 Å². The lowest BCUT2D eigenvalue weighted by molar-refractivity contribution is 0.0596. The fraction of sp³-hybridized carbons (Fsp3) is 0.393. The van der Waals surface area contributed by atoms with Crippen molar-refractivity contribution in [3.8, 4) is 0 Å². The number of hydrogen-bond acceptors (Lipinski definition) is 3. The number of aryl methyl sites for hydroxylation is 1. The van der Waals surface area contributed by atoms with Crippen LogP contribution < -0.4 is 0 Å². The average molecular weight is 431 g/mol. The van der Waals surface area contributed by atoms with Gasteiger partial charge in [-0.2, -0.15) is 0 Å². The zero-order valence-corrected chi connectivity index (χ0v) is 19.3. The zero-order chi connectivity index (χ0) is 22.3. The van der Waals surface area contributed by atoms with Gasteiger partial charge in [0.05, 0.1) is 12.7 Å². The Hall–Kier alpha value is -2.85. The van der Waals surface area contributed by atoms with E-state index in [1.165, 1.54) is 56.0 Å². The van der Waals surface area contributed by atoms with Crippen molar-refractivity contribution in [2.45, 2.75) is 64.7 Å². The largest absolute Gasteiger partial charge is 0.465 e. The Bertz CT molecular complexity index is 1030. The molecule has 4 nitrogen and oxygen atoms in total. The molecular weight excluding hydrogens is 396 g/mol. The number of carbonyl (C=O) groups is 1. The first-order valence-corrected chi connectivity index (χ1v) is 11.7. The van der Waals surface area contributed by atoms with Crippen molar-refractivity contribution >= 4 is 5.97 Å². The number of hydrogen-bond donors (Lipinski definition) is 0. The molecule has 3 aromatic rings. The van der Waals surface area contributed by atoms with Crippen molar-refractivity contribution in [1.29, 1.82) is 0 Å². The minimum atomic E-state index is -0.257. The molecular formula is C28H34N2O2. The molecule has 4 heteroatoms. The molecule has 1 aliphatic rings. The van der Waals surface area contributed by atoms with Crippen LogP contribution in [-0.2, 0) is 24.4 Å². The molecule has 0 saturated heterocycles. The summed E-state index contributed by atoms with van der Waals surface area (Å²) in [6, 6.07) is 21.4. The van der Waals surface area contributed by atoms with Crippen LogP contribution in [0.25, 0.3) is 0 Å². The van der Waals surface area contributed by atoms with Gasteiger partial charge >= 0.3 is 5.97 Å². The molecule has 0 unspecified atom stereocenters. The van der Waals surface area contributed by atoms with Crippen molar-refractivity contribution in [1.82, 2.24) is 9.47 Å². The van der Waals surface area contributed by atoms with Gasteiger partial charge in [-0.25, -0.2) is 4.79 Å². The van der Waals surface area contributed by atoms with E-state index in [-0.39, 0.29) is 5.97 Å². The van der Waals surface area contributed by atoms with E-state index in [1.54, 1.807) is 0 Å². The van der Waals surface area contributed by atoms with Crippen molar-refractivity contribution in [3.63, 3.8) is 0 Å². The van der Waals surface area contributed by atoms with Crippen LogP contribution in [0.2, 0.25) is 0 Å². The van der Waals surface area contributed by atoms with Gasteiger partial charge in [0.25, 0.3) is 0 Å². The van der Waals surface area contributed by atoms with Crippen molar-refractivity contribution in [3.05, 3.63) is 94.8 Å². The monoisotopic (exact) mass is 430 g/mol. The second-order valence-electron chi connectivity index (χ2n) is 8.90. The molecule has 0 bridgehead atoms. The Balaban J connectivity index is 1.59. The Morgan fingerprint density at radius 3 is 2.41 bits per heavy atom. The highest BCUT2D eigenvalue weighted by molar-refractivity contribution is 5.90. The van der Waals surface area contributed by atoms with Crippen LogP contribution in [0, 0.1) is 6.92 Å². The molecule has 1 saturated carbocycles. The molecule has 1 aliphatic carbocycles. The van der Waals surface area contributed by atoms with E-state index in [1.807, 2.05) is 18.2 Å². The summed E-state index contributed by atoms with van der Waals surface area (Å²) in [4.78, 5) is 14.9. The van der Waals surface area contributed by atoms with Gasteiger partial charge in [0.2, 0.25) is 0 Å². The van der Waals surface area contributed by atoms with Crippen molar-refractivity contribution in [2.24, 2.45) is 0 Å². The maximum Gasteiger partial charge on any atom is 0.338 e. The summed E-state index contributed by atoms with van der Waals surface area (Å²) in [5.74, 6) is -0.257. The molecule has 1 heterocycles. The number of aromatic nitrogens is 1. The summed E-state index contributed by atoms with van der Waals surface area (Å²) >= 11 is 0. The first-order chi connectivity index (χ1) is 15.7. The van der Waals surface area contributed by atoms with E-state index >= 15 is 0 Å². The number of ether oxygens (including phenoxy) is 1. The number of rotatable bonds is 8. The molecule has 4 rings (SSSR count). The number of esters is 1. The van der Waals surface area contributed by atoms with Gasteiger partial charge in [0, 0.05) is 37.6 Å². The normalized spacial score (nSPS) is 14.6. The predicted molar refractivity (Wildman–Crippen MR) is 129 cm³/mol. The second kappa shape index (κ2) is 10.6. The summed E-state index contributed by atoms with van der Waals surface area (Å²) in [7, 11) is 1.45. The fourth-order valence-corrected chi connectivity index (χ4v) is 4.87. The predicted octanol–water partition coefficient (Wildman–Crippen LogP) is 5.97. The molecule has 168 valence electrons. The summed E-state index contributed by atoms with van der Waals surface area (Å²) in [5.41, 5.74) is 5.70. The number of carbonyl (C=O) groups excluding carboxylic acids is 1. The lowest BCUT2D eigenvalue weighted by atomic mass is 9.93. The van der Waals surface area contributed by atoms with E-state index in [9.17, 15) is 4.79 Å². The quantitative estimate of drug-likeness (QED) is 0.413. The smallest absolute Gasteiger partial charge is 0.338 e. The standard InChI is InChI=1S/C28H34N2O2/c1-22-11-6-7-12-23(22)19-29-18-10-16-26(29)21-30(25-14-4-3-5-15-25)20-24-13-8-9-17-27(24)28(31)32-2/h6-13,16-18,25H,3-5,14-15,19-21H2,1-2H3. The van der Waals surface area contributed by atoms with E-state index < -0.39 is 0 Å². The fourth-order valence-electron chi connectivity index (χ4n) is 4.87. The lowest BCUT2D eigenvalue weighted by Gasteiger charge is -2.35. The third-order valence-electron chi connectivity index (χ3n) is 6.78. The van der Waals surface area contributed by atoms with Crippen LogP contribution in [0.1, 0.15) is 64.8 Å². The molecule has 0 radical (unpaired) electrons. The van der Waals surface area contributed by atoms with E-state index in [4.69, 9.17) is 4.74 Å². The van der Waals surface area contributed by atoms with E-state index in [2.05, 4.69) is 65.1 Å². The van der Waals surface area contributed by atoms with Gasteiger partial charge in [-0.15, -0.1) is 0 Å². The second-order valence-corrected chi connectivity index (χ2v) is 8.90. The maximum atomic E-state index is 12.4. The third kappa shape index (κ3) is 5.31. The highest BCUT2D eigenvalue weighted by Crippen LogP contribution is 2.27. The van der Waals surface area contributed by atoms with Gasteiger partial charge in [-0.05, 0) is 54.7 Å². The number of methoxy groups -OCH3 is 1. The van der Waals surface area contributed by atoms with Crippen molar-refractivity contribution in [2.75, 3.05) is 7.11 Å². The van der Waals surface area contributed by atoms with E-state index in [0.717, 1.165) is 25.2 Å². The topological polar surface area (TPSA) is 34.5 Å². The zero-order valence-electron chi connectivity index (χ0n) is 19.3. The minimum Gasteiger partial charge on any atom is -0.465 e. The molecule has 0 amide bonds. The lowest BCUT2D eigenvalue weighted by Crippen LogP contribution is -2.36. The molecule has 0 atom stereocenters. The van der Waals surface area contributed by atoms with Gasteiger partial charge in [0.1, 0.15) is 0 Å². The van der Waals surface area contributed by atoms with E-state index in [0.29, 0.717) is 11.6 Å². The Kier molecular flexibility index (Phi) is 7.43. The van der Waals surface area contributed by atoms with Crippen LogP contribution in [0.3, 0.4) is 0 Å². The Labute approximate surface area is 191 Å². The first kappa shape index (κ1) is 22.3. The highest BCUT2D eigenvalue weighted by Gasteiger charge is 2.24. The highest BCUT2D eigenvalue weighted by atomic mass is 16.5. The average Bonchev–Trinajstić information content (AvgIpc) is 3.27. The van der Waals surface area contributed by atoms with Gasteiger partial charge < -0.3 is 9.30 Å². The molecule has 0 aliphatic heterocycles. The number of nitrogens with zero attached hydrogens (tertiary/aromatic N) is 2. The molecule has 0 N–H and O–H groups in total.